The van der Waals surface area contributed by atoms with Crippen LogP contribution in [0.25, 0.3) is 10.8 Å². The summed E-state index contributed by atoms with van der Waals surface area (Å²) in [5.74, 6) is 6.49. The normalized spacial score (nSPS) is 12.7. The maximum atomic E-state index is 5.68. The number of benzene rings is 2. The molecule has 0 radical (unpaired) electrons. The van der Waals surface area contributed by atoms with Gasteiger partial charge in [-0.25, -0.2) is 5.43 Å². The molecule has 1 heterocycles. The van der Waals surface area contributed by atoms with E-state index in [1.54, 1.807) is 6.26 Å². The summed E-state index contributed by atoms with van der Waals surface area (Å²) in [6.45, 7) is 0. The summed E-state index contributed by atoms with van der Waals surface area (Å²) in [7, 11) is 0. The summed E-state index contributed by atoms with van der Waals surface area (Å²) in [6, 6.07) is 18.1. The number of hydrogen-bond donors (Lipinski definition) is 2. The van der Waals surface area contributed by atoms with Crippen molar-refractivity contribution in [3.63, 3.8) is 0 Å². The van der Waals surface area contributed by atoms with Crippen molar-refractivity contribution in [3.05, 3.63) is 72.2 Å². The third-order valence-corrected chi connectivity index (χ3v) is 3.13. The Morgan fingerprint density at radius 2 is 1.78 bits per heavy atom. The first-order valence-electron chi connectivity index (χ1n) is 5.87. The van der Waals surface area contributed by atoms with Crippen molar-refractivity contribution in [1.82, 2.24) is 5.43 Å². The van der Waals surface area contributed by atoms with E-state index in [0.717, 1.165) is 11.3 Å². The van der Waals surface area contributed by atoms with Gasteiger partial charge in [0, 0.05) is 0 Å². The van der Waals surface area contributed by atoms with E-state index in [9.17, 15) is 0 Å². The van der Waals surface area contributed by atoms with Crippen LogP contribution in [0.15, 0.2) is 65.3 Å². The Balaban J connectivity index is 2.18. The molecule has 3 nitrogen and oxygen atoms in total. The average Bonchev–Trinajstić information content (AvgIpc) is 2.94. The molecule has 3 aromatic rings. The molecule has 0 saturated carbocycles. The molecule has 3 heteroatoms. The lowest BCUT2D eigenvalue weighted by atomic mass is 9.98. The first-order valence-corrected chi connectivity index (χ1v) is 5.87. The highest BCUT2D eigenvalue weighted by Gasteiger charge is 2.17. The Kier molecular flexibility index (Phi) is 2.84. The van der Waals surface area contributed by atoms with Crippen LogP contribution in [-0.2, 0) is 0 Å². The number of furan rings is 1. The number of nitrogens with two attached hydrogens (primary N) is 1. The zero-order valence-electron chi connectivity index (χ0n) is 9.84. The molecule has 0 bridgehead atoms. The van der Waals surface area contributed by atoms with Crippen molar-refractivity contribution in [2.75, 3.05) is 0 Å². The van der Waals surface area contributed by atoms with Gasteiger partial charge in [0.25, 0.3) is 0 Å². The van der Waals surface area contributed by atoms with Crippen LogP contribution in [0.3, 0.4) is 0 Å². The van der Waals surface area contributed by atoms with E-state index < -0.39 is 0 Å². The lowest BCUT2D eigenvalue weighted by molar-refractivity contribution is 0.453. The molecule has 1 unspecified atom stereocenters. The van der Waals surface area contributed by atoms with E-state index in [-0.39, 0.29) is 6.04 Å². The van der Waals surface area contributed by atoms with Gasteiger partial charge in [-0.05, 0) is 28.5 Å². The summed E-state index contributed by atoms with van der Waals surface area (Å²) < 4.78 is 5.45. The molecule has 2 aromatic carbocycles. The third kappa shape index (κ3) is 1.79. The molecular formula is C15H14N2O. The van der Waals surface area contributed by atoms with Crippen molar-refractivity contribution in [3.8, 4) is 0 Å². The van der Waals surface area contributed by atoms with Crippen LogP contribution in [0.4, 0.5) is 0 Å². The molecule has 0 aliphatic heterocycles. The number of nitrogens with one attached hydrogen (secondary N) is 1. The Labute approximate surface area is 105 Å². The highest BCUT2D eigenvalue weighted by atomic mass is 16.3. The summed E-state index contributed by atoms with van der Waals surface area (Å²) in [6.07, 6.45) is 1.66. The van der Waals surface area contributed by atoms with Gasteiger partial charge in [0.15, 0.2) is 0 Å². The fourth-order valence-corrected chi connectivity index (χ4v) is 2.28. The molecule has 0 aliphatic carbocycles. The third-order valence-electron chi connectivity index (χ3n) is 3.13. The van der Waals surface area contributed by atoms with E-state index in [2.05, 4.69) is 29.7 Å². The lowest BCUT2D eigenvalue weighted by Crippen LogP contribution is -2.28. The van der Waals surface area contributed by atoms with Gasteiger partial charge in [-0.2, -0.15) is 0 Å². The molecule has 0 aliphatic rings. The Bertz CT molecular complexity index is 641. The zero-order valence-corrected chi connectivity index (χ0v) is 9.84. The van der Waals surface area contributed by atoms with Crippen LogP contribution >= 0.6 is 0 Å². The molecule has 1 aromatic heterocycles. The van der Waals surface area contributed by atoms with Gasteiger partial charge in [-0.1, -0.05) is 42.5 Å². The van der Waals surface area contributed by atoms with Gasteiger partial charge in [-0.3, -0.25) is 5.84 Å². The number of hydrazine groups is 1. The molecule has 1 atom stereocenters. The molecular weight excluding hydrogens is 224 g/mol. The minimum Gasteiger partial charge on any atom is -0.467 e. The standard InChI is InChI=1S/C15H14N2O/c16-17-15(14-9-4-10-18-14)13-8-3-6-11-5-1-2-7-12(11)13/h1-10,15,17H,16H2. The summed E-state index contributed by atoms with van der Waals surface area (Å²) in [4.78, 5) is 0. The smallest absolute Gasteiger partial charge is 0.126 e. The van der Waals surface area contributed by atoms with Crippen LogP contribution < -0.4 is 11.3 Å². The summed E-state index contributed by atoms with van der Waals surface area (Å²) in [5.41, 5.74) is 3.94. The monoisotopic (exact) mass is 238 g/mol. The number of rotatable bonds is 3. The van der Waals surface area contributed by atoms with Gasteiger partial charge < -0.3 is 4.42 Å². The van der Waals surface area contributed by atoms with Gasteiger partial charge in [0.1, 0.15) is 11.8 Å². The fraction of sp³-hybridized carbons (Fsp3) is 0.0667. The van der Waals surface area contributed by atoms with Crippen LogP contribution in [0.1, 0.15) is 17.4 Å². The first kappa shape index (κ1) is 11.0. The van der Waals surface area contributed by atoms with E-state index in [1.807, 2.05) is 30.3 Å². The molecule has 90 valence electrons. The number of fused-ring (bicyclic) bond motifs is 1. The highest BCUT2D eigenvalue weighted by molar-refractivity contribution is 5.86. The maximum absolute atomic E-state index is 5.68. The van der Waals surface area contributed by atoms with E-state index >= 15 is 0 Å². The fourth-order valence-electron chi connectivity index (χ4n) is 2.28. The van der Waals surface area contributed by atoms with Crippen molar-refractivity contribution in [1.29, 1.82) is 0 Å². The second kappa shape index (κ2) is 4.64. The van der Waals surface area contributed by atoms with Crippen molar-refractivity contribution < 1.29 is 4.42 Å². The predicted octanol–water partition coefficient (Wildman–Crippen LogP) is 2.99. The van der Waals surface area contributed by atoms with Gasteiger partial charge in [0.05, 0.1) is 6.26 Å². The predicted molar refractivity (Wildman–Crippen MR) is 71.8 cm³/mol. The SMILES string of the molecule is NNC(c1ccco1)c1cccc2ccccc12. The largest absolute Gasteiger partial charge is 0.467 e. The quantitative estimate of drug-likeness (QED) is 0.545. The maximum Gasteiger partial charge on any atom is 0.126 e. The zero-order chi connectivity index (χ0) is 12.4. The Morgan fingerprint density at radius 3 is 2.56 bits per heavy atom. The summed E-state index contributed by atoms with van der Waals surface area (Å²) in [5, 5.41) is 2.38. The van der Waals surface area contributed by atoms with Gasteiger partial charge >= 0.3 is 0 Å². The molecule has 3 N–H and O–H groups in total. The van der Waals surface area contributed by atoms with Gasteiger partial charge in [0.2, 0.25) is 0 Å². The average molecular weight is 238 g/mol. The van der Waals surface area contributed by atoms with Gasteiger partial charge in [-0.15, -0.1) is 0 Å². The molecule has 18 heavy (non-hydrogen) atoms. The van der Waals surface area contributed by atoms with Crippen LogP contribution in [0, 0.1) is 0 Å². The molecule has 0 amide bonds. The second-order valence-electron chi connectivity index (χ2n) is 4.18. The van der Waals surface area contributed by atoms with E-state index in [4.69, 9.17) is 10.3 Å². The van der Waals surface area contributed by atoms with Crippen LogP contribution in [0.2, 0.25) is 0 Å². The van der Waals surface area contributed by atoms with Crippen LogP contribution in [0.5, 0.6) is 0 Å². The van der Waals surface area contributed by atoms with Crippen LogP contribution in [-0.4, -0.2) is 0 Å². The van der Waals surface area contributed by atoms with Crippen molar-refractivity contribution in [2.45, 2.75) is 6.04 Å². The Hall–Kier alpha value is -2.10. The number of hydrogen-bond acceptors (Lipinski definition) is 3. The molecule has 0 spiro atoms. The molecule has 0 fully saturated rings. The van der Waals surface area contributed by atoms with E-state index in [1.165, 1.54) is 10.8 Å². The van der Waals surface area contributed by atoms with E-state index in [0.29, 0.717) is 0 Å². The molecule has 0 saturated heterocycles. The minimum absolute atomic E-state index is 0.133. The molecule has 3 rings (SSSR count). The summed E-state index contributed by atoms with van der Waals surface area (Å²) >= 11 is 0. The second-order valence-corrected chi connectivity index (χ2v) is 4.18. The van der Waals surface area contributed by atoms with Crippen molar-refractivity contribution >= 4 is 10.8 Å². The highest BCUT2D eigenvalue weighted by Crippen LogP contribution is 2.28. The Morgan fingerprint density at radius 1 is 0.944 bits per heavy atom. The topological polar surface area (TPSA) is 51.2 Å². The minimum atomic E-state index is -0.133. The first-order chi connectivity index (χ1) is 8.90. The van der Waals surface area contributed by atoms with Crippen molar-refractivity contribution in [2.24, 2.45) is 5.84 Å². The lowest BCUT2D eigenvalue weighted by Gasteiger charge is -2.16.